The molecule has 2 N–H and O–H groups in total. The Balaban J connectivity index is 1.83. The summed E-state index contributed by atoms with van der Waals surface area (Å²) >= 11 is 0. The van der Waals surface area contributed by atoms with E-state index >= 15 is 0 Å². The molecule has 3 aromatic carbocycles. The number of rotatable bonds is 13. The van der Waals surface area contributed by atoms with Crippen molar-refractivity contribution >= 4 is 17.8 Å². The highest BCUT2D eigenvalue weighted by Crippen LogP contribution is 2.55. The lowest BCUT2D eigenvalue weighted by molar-refractivity contribution is -0.129. The maximum absolute atomic E-state index is 14.1. The van der Waals surface area contributed by atoms with Gasteiger partial charge in [-0.1, -0.05) is 12.1 Å². The molecule has 0 heterocycles. The zero-order chi connectivity index (χ0) is 31.1. The van der Waals surface area contributed by atoms with Crippen LogP contribution in [0.4, 0.5) is 0 Å². The fraction of sp³-hybridized carbons (Fsp3) is 0.312. The van der Waals surface area contributed by atoms with Crippen LogP contribution in [0.1, 0.15) is 45.8 Å². The van der Waals surface area contributed by atoms with E-state index in [-0.39, 0.29) is 12.2 Å². The van der Waals surface area contributed by atoms with Gasteiger partial charge in [0.25, 0.3) is 0 Å². The number of hydrogen-bond acceptors (Lipinski definition) is 10. The first-order chi connectivity index (χ1) is 20.8. The summed E-state index contributed by atoms with van der Waals surface area (Å²) in [6.45, 7) is 0.300. The number of fused-ring (bicyclic) bond motifs is 1. The molecule has 1 atom stereocenters. The molecule has 0 saturated heterocycles. The lowest BCUT2D eigenvalue weighted by Crippen LogP contribution is -2.18. The number of Topliss-reactive ketones (excluding diaryl/α,β-unsaturated/α-hetero) is 1. The van der Waals surface area contributed by atoms with Crippen molar-refractivity contribution in [3.8, 4) is 40.2 Å². The molecular weight excluding hydrogens is 558 g/mol. The number of benzene rings is 3. The molecule has 0 spiro atoms. The van der Waals surface area contributed by atoms with Gasteiger partial charge in [0, 0.05) is 29.0 Å². The fourth-order valence-electron chi connectivity index (χ4n) is 5.18. The van der Waals surface area contributed by atoms with Crippen LogP contribution in [-0.4, -0.2) is 66.2 Å². The number of ether oxygens (including phenoxy) is 7. The van der Waals surface area contributed by atoms with Crippen LogP contribution < -0.4 is 38.6 Å². The van der Waals surface area contributed by atoms with Crippen LogP contribution in [0.3, 0.4) is 0 Å². The Labute approximate surface area is 249 Å². The van der Waals surface area contributed by atoms with Gasteiger partial charge in [0.2, 0.25) is 17.4 Å². The number of ketones is 1. The molecule has 3 aromatic rings. The SMILES string of the molecule is COc1cc(C2/C(=C/c3ccc(OCCCC(=O)NO)cc3)C(=O)c3cc(OC)c(OC)c(OC)c32)cc(OC)c1OC. The Bertz CT molecular complexity index is 1490. The van der Waals surface area contributed by atoms with Crippen LogP contribution in [0.5, 0.6) is 40.2 Å². The normalized spacial score (nSPS) is 14.6. The number of nitrogens with one attached hydrogen (secondary N) is 1. The first-order valence-electron chi connectivity index (χ1n) is 13.4. The summed E-state index contributed by atoms with van der Waals surface area (Å²) in [5.41, 5.74) is 4.61. The number of carbonyl (C=O) groups is 2. The summed E-state index contributed by atoms with van der Waals surface area (Å²) in [5.74, 6) is 1.77. The highest BCUT2D eigenvalue weighted by atomic mass is 16.5. The van der Waals surface area contributed by atoms with Gasteiger partial charge in [0.1, 0.15) is 5.75 Å². The van der Waals surface area contributed by atoms with Gasteiger partial charge in [-0.2, -0.15) is 0 Å². The van der Waals surface area contributed by atoms with Crippen LogP contribution in [0.15, 0.2) is 48.0 Å². The van der Waals surface area contributed by atoms with E-state index in [9.17, 15) is 9.59 Å². The largest absolute Gasteiger partial charge is 0.494 e. The lowest BCUT2D eigenvalue weighted by atomic mass is 9.87. The maximum Gasteiger partial charge on any atom is 0.243 e. The Hall–Kier alpha value is -4.90. The highest BCUT2D eigenvalue weighted by molar-refractivity contribution is 6.18. The average Bonchev–Trinajstić information content (AvgIpc) is 3.31. The Morgan fingerprint density at radius 2 is 1.40 bits per heavy atom. The van der Waals surface area contributed by atoms with Crippen LogP contribution in [0.25, 0.3) is 6.08 Å². The van der Waals surface area contributed by atoms with Crippen molar-refractivity contribution in [1.82, 2.24) is 5.48 Å². The summed E-state index contributed by atoms with van der Waals surface area (Å²) in [6.07, 6.45) is 2.41. The minimum absolute atomic E-state index is 0.144. The molecule has 228 valence electrons. The molecule has 4 rings (SSSR count). The molecule has 0 aromatic heterocycles. The van der Waals surface area contributed by atoms with Crippen molar-refractivity contribution in [3.63, 3.8) is 0 Å². The van der Waals surface area contributed by atoms with Crippen molar-refractivity contribution in [2.24, 2.45) is 0 Å². The molecule has 0 bridgehead atoms. The minimum Gasteiger partial charge on any atom is -0.494 e. The zero-order valence-corrected chi connectivity index (χ0v) is 24.9. The van der Waals surface area contributed by atoms with Crippen LogP contribution in [0.2, 0.25) is 0 Å². The van der Waals surface area contributed by atoms with Crippen LogP contribution in [0, 0.1) is 0 Å². The van der Waals surface area contributed by atoms with Crippen molar-refractivity contribution in [2.45, 2.75) is 18.8 Å². The van der Waals surface area contributed by atoms with Crippen molar-refractivity contribution in [2.75, 3.05) is 49.3 Å². The molecule has 1 amide bonds. The van der Waals surface area contributed by atoms with Gasteiger partial charge < -0.3 is 33.2 Å². The zero-order valence-electron chi connectivity index (χ0n) is 24.9. The minimum atomic E-state index is -0.584. The number of hydrogen-bond donors (Lipinski definition) is 2. The topological polar surface area (TPSA) is 131 Å². The fourth-order valence-corrected chi connectivity index (χ4v) is 5.18. The van der Waals surface area contributed by atoms with E-state index in [0.717, 1.165) is 5.56 Å². The Morgan fingerprint density at radius 1 is 0.814 bits per heavy atom. The first-order valence-corrected chi connectivity index (χ1v) is 13.4. The van der Waals surface area contributed by atoms with E-state index in [4.69, 9.17) is 38.4 Å². The lowest BCUT2D eigenvalue weighted by Gasteiger charge is -2.22. The van der Waals surface area contributed by atoms with Gasteiger partial charge in [-0.25, -0.2) is 5.48 Å². The van der Waals surface area contributed by atoms with E-state index in [0.29, 0.717) is 75.5 Å². The van der Waals surface area contributed by atoms with Crippen molar-refractivity contribution < 1.29 is 48.0 Å². The van der Waals surface area contributed by atoms with Gasteiger partial charge in [0.05, 0.1) is 49.3 Å². The number of methoxy groups -OCH3 is 6. The van der Waals surface area contributed by atoms with Gasteiger partial charge >= 0.3 is 0 Å². The van der Waals surface area contributed by atoms with Gasteiger partial charge in [0.15, 0.2) is 28.8 Å². The van der Waals surface area contributed by atoms with E-state index in [2.05, 4.69) is 0 Å². The monoisotopic (exact) mass is 593 g/mol. The number of amides is 1. The first kappa shape index (κ1) is 31.0. The highest BCUT2D eigenvalue weighted by Gasteiger charge is 2.41. The quantitative estimate of drug-likeness (QED) is 0.123. The number of hydroxylamine groups is 1. The van der Waals surface area contributed by atoms with Gasteiger partial charge in [-0.15, -0.1) is 0 Å². The van der Waals surface area contributed by atoms with E-state index in [1.807, 2.05) is 30.3 Å². The van der Waals surface area contributed by atoms with E-state index in [1.54, 1.807) is 23.7 Å². The molecule has 43 heavy (non-hydrogen) atoms. The van der Waals surface area contributed by atoms with Crippen LogP contribution >= 0.6 is 0 Å². The number of allylic oxidation sites excluding steroid dienone is 1. The molecule has 1 aliphatic carbocycles. The van der Waals surface area contributed by atoms with Crippen molar-refractivity contribution in [3.05, 3.63) is 70.3 Å². The standard InChI is InChI=1S/C32H35NO10/c1-37-23-15-19(16-24(38-2)30(23)40-4)27-21(14-18-9-11-20(12-10-18)43-13-7-8-26(34)33-36)29(35)22-17-25(39-3)31(41-5)32(42-6)28(22)27/h9-12,14-17,27,36H,7-8,13H2,1-6H3,(H,33,34)/b21-14-. The van der Waals surface area contributed by atoms with Gasteiger partial charge in [-0.3, -0.25) is 14.8 Å². The third-order valence-corrected chi connectivity index (χ3v) is 7.14. The third kappa shape index (κ3) is 6.17. The second-order valence-corrected chi connectivity index (χ2v) is 9.48. The molecule has 1 unspecified atom stereocenters. The second-order valence-electron chi connectivity index (χ2n) is 9.48. The molecule has 0 aliphatic heterocycles. The molecule has 0 radical (unpaired) electrons. The van der Waals surface area contributed by atoms with Crippen molar-refractivity contribution in [1.29, 1.82) is 0 Å². The molecular formula is C32H35NO10. The molecule has 0 fully saturated rings. The third-order valence-electron chi connectivity index (χ3n) is 7.14. The Morgan fingerprint density at radius 3 is 1.93 bits per heavy atom. The molecule has 0 saturated carbocycles. The summed E-state index contributed by atoms with van der Waals surface area (Å²) in [7, 11) is 9.13. The number of carbonyl (C=O) groups excluding carboxylic acids is 2. The van der Waals surface area contributed by atoms with E-state index in [1.165, 1.54) is 42.7 Å². The van der Waals surface area contributed by atoms with Crippen LogP contribution in [-0.2, 0) is 4.79 Å². The maximum atomic E-state index is 14.1. The molecule has 11 heteroatoms. The molecule has 1 aliphatic rings. The smallest absolute Gasteiger partial charge is 0.243 e. The predicted octanol–water partition coefficient (Wildman–Crippen LogP) is 4.81. The Kier molecular flexibility index (Phi) is 9.99. The molecule has 11 nitrogen and oxygen atoms in total. The summed E-state index contributed by atoms with van der Waals surface area (Å²) in [5, 5.41) is 8.62. The summed E-state index contributed by atoms with van der Waals surface area (Å²) in [6, 6.07) is 12.5. The summed E-state index contributed by atoms with van der Waals surface area (Å²) < 4.78 is 39.5. The summed E-state index contributed by atoms with van der Waals surface area (Å²) in [4.78, 5) is 25.3. The van der Waals surface area contributed by atoms with Gasteiger partial charge in [-0.05, 0) is 54.0 Å². The second kappa shape index (κ2) is 13.8. The average molecular weight is 594 g/mol. The predicted molar refractivity (Wildman–Crippen MR) is 157 cm³/mol. The van der Waals surface area contributed by atoms with E-state index < -0.39 is 11.8 Å².